The summed E-state index contributed by atoms with van der Waals surface area (Å²) in [5, 5.41) is 10.4. The number of carbonyl (C=O) groups excluding carboxylic acids is 2. The van der Waals surface area contributed by atoms with E-state index in [2.05, 4.69) is 25.7 Å². The number of anilines is 2. The molecule has 0 aliphatic heterocycles. The number of H-pyrrole nitrogens is 1. The molecule has 1 saturated carbocycles. The smallest absolute Gasteiger partial charge is 0.261 e. The van der Waals surface area contributed by atoms with Gasteiger partial charge in [-0.2, -0.15) is 5.10 Å². The summed E-state index contributed by atoms with van der Waals surface area (Å²) in [6.07, 6.45) is 4.62. The molecule has 3 N–H and O–H groups in total. The fourth-order valence-corrected chi connectivity index (χ4v) is 3.29. The number of aromatic nitrogens is 4. The largest absolute Gasteiger partial charge is 0.326 e. The van der Waals surface area contributed by atoms with Gasteiger partial charge in [-0.3, -0.25) is 14.4 Å². The second kappa shape index (κ2) is 7.52. The average molecular weight is 414 g/mol. The number of aromatic amines is 1. The molecule has 0 saturated heterocycles. The lowest BCUT2D eigenvalue weighted by Crippen LogP contribution is -2.15. The monoisotopic (exact) mass is 414 g/mol. The number of hydrogen-bond donors (Lipinski definition) is 3. The number of hydrogen-bond acceptors (Lipinski definition) is 5. The second-order valence-electron chi connectivity index (χ2n) is 7.34. The Morgan fingerprint density at radius 2 is 1.81 bits per heavy atom. The fraction of sp³-hybridized carbons (Fsp3) is 0.136. The summed E-state index contributed by atoms with van der Waals surface area (Å²) in [5.41, 5.74) is 2.31. The van der Waals surface area contributed by atoms with Crippen LogP contribution in [0.15, 0.2) is 65.8 Å². The van der Waals surface area contributed by atoms with Crippen LogP contribution in [0.4, 0.5) is 11.4 Å². The summed E-state index contributed by atoms with van der Waals surface area (Å²) >= 11 is 0. The topological polar surface area (TPSA) is 122 Å². The van der Waals surface area contributed by atoms with Crippen LogP contribution in [0.2, 0.25) is 0 Å². The third-order valence-corrected chi connectivity index (χ3v) is 5.11. The highest BCUT2D eigenvalue weighted by atomic mass is 16.2. The van der Waals surface area contributed by atoms with E-state index in [4.69, 9.17) is 0 Å². The maximum atomic E-state index is 12.8. The van der Waals surface area contributed by atoms with Crippen molar-refractivity contribution < 1.29 is 9.59 Å². The van der Waals surface area contributed by atoms with E-state index in [0.717, 1.165) is 12.8 Å². The molecule has 1 aliphatic rings. The predicted octanol–water partition coefficient (Wildman–Crippen LogP) is 2.71. The Morgan fingerprint density at radius 1 is 1.03 bits per heavy atom. The Hall–Kier alpha value is -4.27. The van der Waals surface area contributed by atoms with Gasteiger partial charge in [-0.05, 0) is 49.2 Å². The maximum absolute atomic E-state index is 12.8. The van der Waals surface area contributed by atoms with Crippen molar-refractivity contribution in [2.75, 3.05) is 10.6 Å². The molecule has 2 aromatic carbocycles. The van der Waals surface area contributed by atoms with E-state index < -0.39 is 0 Å². The van der Waals surface area contributed by atoms with Crippen molar-refractivity contribution in [3.8, 4) is 5.69 Å². The fourth-order valence-electron chi connectivity index (χ4n) is 3.29. The van der Waals surface area contributed by atoms with E-state index in [9.17, 15) is 14.4 Å². The Balaban J connectivity index is 1.39. The molecule has 5 rings (SSSR count). The summed E-state index contributed by atoms with van der Waals surface area (Å²) in [6.45, 7) is 0. The van der Waals surface area contributed by atoms with Crippen LogP contribution in [0.25, 0.3) is 16.7 Å². The molecule has 4 aromatic rings. The first kappa shape index (κ1) is 18.7. The molecular formula is C22H18N6O3. The summed E-state index contributed by atoms with van der Waals surface area (Å²) in [6, 6.07) is 13.9. The lowest BCUT2D eigenvalue weighted by molar-refractivity contribution is -0.117. The first-order valence-corrected chi connectivity index (χ1v) is 9.83. The predicted molar refractivity (Wildman–Crippen MR) is 115 cm³/mol. The van der Waals surface area contributed by atoms with Crippen molar-refractivity contribution in [1.29, 1.82) is 0 Å². The molecule has 2 aromatic heterocycles. The Bertz CT molecular complexity index is 1350. The minimum absolute atomic E-state index is 0.0185. The number of fused-ring (bicyclic) bond motifs is 1. The van der Waals surface area contributed by atoms with Crippen molar-refractivity contribution >= 4 is 34.2 Å². The number of amides is 2. The molecular weight excluding hydrogens is 396 g/mol. The van der Waals surface area contributed by atoms with Crippen molar-refractivity contribution in [2.24, 2.45) is 5.92 Å². The van der Waals surface area contributed by atoms with Gasteiger partial charge in [-0.15, -0.1) is 0 Å². The summed E-state index contributed by atoms with van der Waals surface area (Å²) in [7, 11) is 0. The highest BCUT2D eigenvalue weighted by molar-refractivity contribution is 6.05. The van der Waals surface area contributed by atoms with Gasteiger partial charge < -0.3 is 15.6 Å². The van der Waals surface area contributed by atoms with Crippen molar-refractivity contribution in [3.05, 3.63) is 77.0 Å². The average Bonchev–Trinajstić information content (AvgIpc) is 3.55. The van der Waals surface area contributed by atoms with E-state index in [1.54, 1.807) is 42.5 Å². The third kappa shape index (κ3) is 3.68. The van der Waals surface area contributed by atoms with Gasteiger partial charge in [-0.1, -0.05) is 12.1 Å². The van der Waals surface area contributed by atoms with Crippen LogP contribution in [0.3, 0.4) is 0 Å². The van der Waals surface area contributed by atoms with E-state index in [-0.39, 0.29) is 23.3 Å². The van der Waals surface area contributed by atoms with Gasteiger partial charge in [-0.25, -0.2) is 9.67 Å². The molecule has 9 nitrogen and oxygen atoms in total. The van der Waals surface area contributed by atoms with E-state index >= 15 is 0 Å². The van der Waals surface area contributed by atoms with Crippen LogP contribution in [-0.2, 0) is 4.79 Å². The van der Waals surface area contributed by atoms with Gasteiger partial charge in [0.2, 0.25) is 5.91 Å². The van der Waals surface area contributed by atoms with Crippen LogP contribution in [-0.4, -0.2) is 31.6 Å². The number of nitrogens with one attached hydrogen (secondary N) is 3. The second-order valence-corrected chi connectivity index (χ2v) is 7.34. The highest BCUT2D eigenvalue weighted by Gasteiger charge is 2.29. The molecule has 9 heteroatoms. The van der Waals surface area contributed by atoms with E-state index in [1.807, 2.05) is 6.07 Å². The molecule has 154 valence electrons. The Kier molecular flexibility index (Phi) is 4.55. The molecule has 1 fully saturated rings. The number of para-hydroxylation sites is 2. The lowest BCUT2D eigenvalue weighted by Gasteiger charge is -2.12. The molecule has 0 bridgehead atoms. The first-order valence-electron chi connectivity index (χ1n) is 9.83. The number of benzene rings is 2. The Morgan fingerprint density at radius 3 is 2.58 bits per heavy atom. The van der Waals surface area contributed by atoms with Crippen LogP contribution >= 0.6 is 0 Å². The molecule has 0 unspecified atom stereocenters. The van der Waals surface area contributed by atoms with Gasteiger partial charge in [0.1, 0.15) is 5.39 Å². The van der Waals surface area contributed by atoms with E-state index in [0.29, 0.717) is 33.7 Å². The van der Waals surface area contributed by atoms with Gasteiger partial charge in [0.15, 0.2) is 5.65 Å². The molecule has 0 radical (unpaired) electrons. The zero-order valence-corrected chi connectivity index (χ0v) is 16.3. The van der Waals surface area contributed by atoms with Crippen LogP contribution < -0.4 is 16.2 Å². The Labute approximate surface area is 176 Å². The minimum Gasteiger partial charge on any atom is -0.326 e. The number of rotatable bonds is 5. The van der Waals surface area contributed by atoms with Gasteiger partial charge >= 0.3 is 0 Å². The van der Waals surface area contributed by atoms with Gasteiger partial charge in [0.05, 0.1) is 23.9 Å². The molecule has 1 aliphatic carbocycles. The van der Waals surface area contributed by atoms with Crippen LogP contribution in [0.1, 0.15) is 23.2 Å². The van der Waals surface area contributed by atoms with Crippen molar-refractivity contribution in [1.82, 2.24) is 19.7 Å². The quantitative estimate of drug-likeness (QED) is 0.464. The minimum atomic E-state index is -0.310. The van der Waals surface area contributed by atoms with Gasteiger partial charge in [0, 0.05) is 17.2 Å². The molecule has 2 amide bonds. The molecule has 31 heavy (non-hydrogen) atoms. The van der Waals surface area contributed by atoms with Crippen molar-refractivity contribution in [3.63, 3.8) is 0 Å². The summed E-state index contributed by atoms with van der Waals surface area (Å²) in [5.74, 6) is -0.178. The number of nitrogens with zero attached hydrogens (tertiary/aromatic N) is 3. The SMILES string of the molecule is O=C(Nc1ccccc1-n1ncc2c(=O)[nH]cnc21)c1ccc(NC(=O)C2CC2)cc1. The molecule has 0 atom stereocenters. The zero-order valence-electron chi connectivity index (χ0n) is 16.3. The number of carbonyl (C=O) groups is 2. The van der Waals surface area contributed by atoms with Crippen LogP contribution in [0.5, 0.6) is 0 Å². The molecule has 0 spiro atoms. The zero-order chi connectivity index (χ0) is 21.4. The first-order chi connectivity index (χ1) is 15.1. The summed E-state index contributed by atoms with van der Waals surface area (Å²) in [4.78, 5) is 43.4. The normalized spacial score (nSPS) is 13.2. The molecule has 2 heterocycles. The standard InChI is InChI=1S/C22H18N6O3/c29-20(13-5-6-13)26-15-9-7-14(8-10-15)21(30)27-17-3-1-2-4-18(17)28-19-16(11-25-28)22(31)24-12-23-19/h1-4,7-13H,5-6H2,(H,26,29)(H,27,30)(H,23,24,31). The van der Waals surface area contributed by atoms with E-state index in [1.165, 1.54) is 17.2 Å². The van der Waals surface area contributed by atoms with Gasteiger partial charge in [0.25, 0.3) is 11.5 Å². The lowest BCUT2D eigenvalue weighted by atomic mass is 10.1. The van der Waals surface area contributed by atoms with Crippen LogP contribution in [0, 0.1) is 5.92 Å². The highest BCUT2D eigenvalue weighted by Crippen LogP contribution is 2.30. The maximum Gasteiger partial charge on any atom is 0.261 e. The summed E-state index contributed by atoms with van der Waals surface area (Å²) < 4.78 is 1.51. The van der Waals surface area contributed by atoms with Crippen molar-refractivity contribution in [2.45, 2.75) is 12.8 Å². The third-order valence-electron chi connectivity index (χ3n) is 5.11.